The lowest BCUT2D eigenvalue weighted by atomic mass is 10.1. The number of rotatable bonds is 9. The lowest BCUT2D eigenvalue weighted by molar-refractivity contribution is -0.140. The molecule has 1 unspecified atom stereocenters. The van der Waals surface area contributed by atoms with E-state index in [1.807, 2.05) is 13.8 Å². The van der Waals surface area contributed by atoms with Gasteiger partial charge in [0.05, 0.1) is 0 Å². The van der Waals surface area contributed by atoms with Crippen LogP contribution in [-0.2, 0) is 4.79 Å². The Morgan fingerprint density at radius 3 is 2.53 bits per heavy atom. The predicted molar refractivity (Wildman–Crippen MR) is 63.3 cm³/mol. The molecule has 3 N–H and O–H groups in total. The smallest absolute Gasteiger partial charge is 0.320 e. The van der Waals surface area contributed by atoms with Gasteiger partial charge in [0.2, 0.25) is 0 Å². The van der Waals surface area contributed by atoms with Crippen LogP contribution in [0.2, 0.25) is 0 Å². The van der Waals surface area contributed by atoms with Crippen molar-refractivity contribution in [1.29, 1.82) is 0 Å². The molecular formula is C10H21NO3S. The second-order valence-electron chi connectivity index (χ2n) is 3.70. The van der Waals surface area contributed by atoms with Crippen LogP contribution in [0, 0.1) is 5.92 Å². The van der Waals surface area contributed by atoms with E-state index in [1.54, 1.807) is 11.8 Å². The van der Waals surface area contributed by atoms with Gasteiger partial charge in [-0.25, -0.2) is 0 Å². The maximum atomic E-state index is 10.8. The molecule has 0 aromatic heterocycles. The summed E-state index contributed by atoms with van der Waals surface area (Å²) in [5, 5.41) is 20.4. The van der Waals surface area contributed by atoms with Crippen molar-refractivity contribution < 1.29 is 15.0 Å². The number of carboxylic acids is 1. The number of hydrogen-bond donors (Lipinski definition) is 3. The van der Waals surface area contributed by atoms with Crippen LogP contribution in [0.3, 0.4) is 0 Å². The van der Waals surface area contributed by atoms with Crippen molar-refractivity contribution in [2.45, 2.75) is 26.3 Å². The van der Waals surface area contributed by atoms with Crippen molar-refractivity contribution in [1.82, 2.24) is 5.32 Å². The average molecular weight is 235 g/mol. The molecule has 0 aliphatic carbocycles. The van der Waals surface area contributed by atoms with Crippen molar-refractivity contribution >= 4 is 17.7 Å². The molecule has 0 heterocycles. The molecule has 0 saturated heterocycles. The van der Waals surface area contributed by atoms with E-state index in [0.29, 0.717) is 6.54 Å². The molecule has 0 fully saturated rings. The molecule has 0 aromatic carbocycles. The molecule has 0 bridgehead atoms. The topological polar surface area (TPSA) is 69.6 Å². The van der Waals surface area contributed by atoms with Crippen molar-refractivity contribution in [2.24, 2.45) is 5.92 Å². The Bertz CT molecular complexity index is 176. The standard InChI is InChI=1S/C10H21NO3S/c1-8(2)9(10(13)14)11-4-7-15-6-3-5-12/h8-9,11-12H,3-7H2,1-2H3,(H,13,14). The van der Waals surface area contributed by atoms with E-state index in [1.165, 1.54) is 0 Å². The highest BCUT2D eigenvalue weighted by atomic mass is 32.2. The van der Waals surface area contributed by atoms with Gasteiger partial charge in [-0.3, -0.25) is 4.79 Å². The summed E-state index contributed by atoms with van der Waals surface area (Å²) < 4.78 is 0. The summed E-state index contributed by atoms with van der Waals surface area (Å²) in [6.45, 7) is 4.71. The monoisotopic (exact) mass is 235 g/mol. The lowest BCUT2D eigenvalue weighted by Crippen LogP contribution is -2.41. The molecule has 0 rings (SSSR count). The van der Waals surface area contributed by atoms with Crippen molar-refractivity contribution in [3.8, 4) is 0 Å². The SMILES string of the molecule is CC(C)C(NCCSCCCO)C(=O)O. The van der Waals surface area contributed by atoms with Gasteiger partial charge in [-0.15, -0.1) is 0 Å². The van der Waals surface area contributed by atoms with Gasteiger partial charge < -0.3 is 15.5 Å². The highest BCUT2D eigenvalue weighted by Crippen LogP contribution is 2.03. The molecule has 5 heteroatoms. The fourth-order valence-electron chi connectivity index (χ4n) is 1.16. The van der Waals surface area contributed by atoms with Crippen LogP contribution in [0.15, 0.2) is 0 Å². The van der Waals surface area contributed by atoms with Gasteiger partial charge >= 0.3 is 5.97 Å². The molecule has 0 spiro atoms. The fourth-order valence-corrected chi connectivity index (χ4v) is 1.96. The number of hydrogen-bond acceptors (Lipinski definition) is 4. The predicted octanol–water partition coefficient (Wildman–Crippen LogP) is 0.801. The van der Waals surface area contributed by atoms with Crippen molar-refractivity contribution in [3.63, 3.8) is 0 Å². The summed E-state index contributed by atoms with van der Waals surface area (Å²) in [6, 6.07) is -0.455. The molecule has 4 nitrogen and oxygen atoms in total. The minimum absolute atomic E-state index is 0.102. The van der Waals surface area contributed by atoms with Gasteiger partial charge in [-0.1, -0.05) is 13.8 Å². The molecule has 0 radical (unpaired) electrons. The van der Waals surface area contributed by atoms with E-state index < -0.39 is 12.0 Å². The van der Waals surface area contributed by atoms with Crippen LogP contribution in [-0.4, -0.2) is 46.9 Å². The Morgan fingerprint density at radius 1 is 1.40 bits per heavy atom. The van der Waals surface area contributed by atoms with Crippen molar-refractivity contribution in [3.05, 3.63) is 0 Å². The Kier molecular flexibility index (Phi) is 8.85. The number of aliphatic carboxylic acids is 1. The normalized spacial score (nSPS) is 13.1. The van der Waals surface area contributed by atoms with Crippen LogP contribution in [0.25, 0.3) is 0 Å². The maximum Gasteiger partial charge on any atom is 0.320 e. The molecule has 0 aromatic rings. The zero-order chi connectivity index (χ0) is 11.7. The molecule has 0 aliphatic rings. The molecule has 15 heavy (non-hydrogen) atoms. The number of aliphatic hydroxyl groups excluding tert-OH is 1. The maximum absolute atomic E-state index is 10.8. The molecule has 90 valence electrons. The van der Waals surface area contributed by atoms with Crippen LogP contribution >= 0.6 is 11.8 Å². The van der Waals surface area contributed by atoms with Crippen molar-refractivity contribution in [2.75, 3.05) is 24.7 Å². The average Bonchev–Trinajstić information content (AvgIpc) is 2.15. The van der Waals surface area contributed by atoms with Gasteiger partial charge in [0.25, 0.3) is 0 Å². The Hall–Kier alpha value is -0.260. The molecule has 1 atom stereocenters. The van der Waals surface area contributed by atoms with E-state index >= 15 is 0 Å². The fraction of sp³-hybridized carbons (Fsp3) is 0.900. The number of aliphatic hydroxyl groups is 1. The summed E-state index contributed by atoms with van der Waals surface area (Å²) in [6.07, 6.45) is 0.803. The van der Waals surface area contributed by atoms with Crippen LogP contribution in [0.4, 0.5) is 0 Å². The minimum Gasteiger partial charge on any atom is -0.480 e. The van der Waals surface area contributed by atoms with Crippen LogP contribution in [0.1, 0.15) is 20.3 Å². The third kappa shape index (κ3) is 7.64. The minimum atomic E-state index is -0.787. The molecule has 0 amide bonds. The molecule has 0 saturated carbocycles. The first-order chi connectivity index (χ1) is 7.09. The Balaban J connectivity index is 3.50. The van der Waals surface area contributed by atoms with Gasteiger partial charge in [0.15, 0.2) is 0 Å². The van der Waals surface area contributed by atoms with E-state index in [2.05, 4.69) is 5.32 Å². The van der Waals surface area contributed by atoms with E-state index in [4.69, 9.17) is 10.2 Å². The Morgan fingerprint density at radius 2 is 2.07 bits per heavy atom. The highest BCUT2D eigenvalue weighted by Gasteiger charge is 2.19. The summed E-state index contributed by atoms with van der Waals surface area (Å²) in [7, 11) is 0. The van der Waals surface area contributed by atoms with Gasteiger partial charge in [-0.2, -0.15) is 11.8 Å². The van der Waals surface area contributed by atoms with E-state index in [9.17, 15) is 4.79 Å². The number of thioether (sulfide) groups is 1. The summed E-state index contributed by atoms with van der Waals surface area (Å²) >= 11 is 1.73. The van der Waals surface area contributed by atoms with Gasteiger partial charge in [0.1, 0.15) is 6.04 Å². The zero-order valence-corrected chi connectivity index (χ0v) is 10.2. The summed E-state index contributed by atoms with van der Waals surface area (Å²) in [5.74, 6) is 1.13. The molecular weight excluding hydrogens is 214 g/mol. The van der Waals surface area contributed by atoms with E-state index in [0.717, 1.165) is 17.9 Å². The highest BCUT2D eigenvalue weighted by molar-refractivity contribution is 7.99. The van der Waals surface area contributed by atoms with E-state index in [-0.39, 0.29) is 12.5 Å². The third-order valence-electron chi connectivity index (χ3n) is 1.99. The summed E-state index contributed by atoms with van der Waals surface area (Å²) in [4.78, 5) is 10.8. The van der Waals surface area contributed by atoms with Gasteiger partial charge in [-0.05, 0) is 18.1 Å². The second kappa shape index (κ2) is 9.00. The second-order valence-corrected chi connectivity index (χ2v) is 4.93. The van der Waals surface area contributed by atoms with Crippen LogP contribution in [0.5, 0.6) is 0 Å². The first-order valence-electron chi connectivity index (χ1n) is 5.24. The summed E-state index contributed by atoms with van der Waals surface area (Å²) in [5.41, 5.74) is 0. The molecule has 0 aliphatic heterocycles. The quantitative estimate of drug-likeness (QED) is 0.516. The third-order valence-corrected chi connectivity index (χ3v) is 3.06. The largest absolute Gasteiger partial charge is 0.480 e. The Labute approximate surface area is 95.4 Å². The number of carboxylic acid groups (broad SMARTS) is 1. The first-order valence-corrected chi connectivity index (χ1v) is 6.39. The number of carbonyl (C=O) groups is 1. The first kappa shape index (κ1) is 14.7. The van der Waals surface area contributed by atoms with Crippen LogP contribution < -0.4 is 5.32 Å². The lowest BCUT2D eigenvalue weighted by Gasteiger charge is -2.17. The van der Waals surface area contributed by atoms with Gasteiger partial charge in [0, 0.05) is 18.9 Å². The number of nitrogens with one attached hydrogen (secondary N) is 1. The zero-order valence-electron chi connectivity index (χ0n) is 9.40.